The van der Waals surface area contributed by atoms with Crippen LogP contribution in [-0.2, 0) is 9.84 Å². The highest BCUT2D eigenvalue weighted by Gasteiger charge is 2.13. The van der Waals surface area contributed by atoms with Gasteiger partial charge in [-0.3, -0.25) is 0 Å². The lowest BCUT2D eigenvalue weighted by atomic mass is 10.6. The zero-order valence-electron chi connectivity index (χ0n) is 5.68. The summed E-state index contributed by atoms with van der Waals surface area (Å²) in [6, 6.07) is 0. The van der Waals surface area contributed by atoms with E-state index in [1.165, 1.54) is 0 Å². The molecule has 0 fully saturated rings. The normalized spacial score (nSPS) is 15.1. The summed E-state index contributed by atoms with van der Waals surface area (Å²) in [6.45, 7) is 1.59. The molecule has 0 saturated heterocycles. The molecule has 0 aromatic rings. The molecule has 0 radical (unpaired) electrons. The Labute approximate surface area is 71.4 Å². The van der Waals surface area contributed by atoms with E-state index in [9.17, 15) is 8.42 Å². The van der Waals surface area contributed by atoms with Crippen LogP contribution in [0.4, 0.5) is 0 Å². The maximum atomic E-state index is 10.8. The SMILES string of the molecule is CCS(=O)(=O)C[C@H](Cl)CCl. The molecule has 1 atom stereocenters. The van der Waals surface area contributed by atoms with Gasteiger partial charge in [-0.25, -0.2) is 8.42 Å². The van der Waals surface area contributed by atoms with Gasteiger partial charge >= 0.3 is 0 Å². The number of hydrogen-bond acceptors (Lipinski definition) is 2. The molecule has 0 unspecified atom stereocenters. The van der Waals surface area contributed by atoms with E-state index in [1.807, 2.05) is 0 Å². The molecule has 0 spiro atoms. The summed E-state index contributed by atoms with van der Waals surface area (Å²) in [4.78, 5) is 0. The molecule has 0 bridgehead atoms. The molecule has 0 saturated carbocycles. The second-order valence-electron chi connectivity index (χ2n) is 1.95. The van der Waals surface area contributed by atoms with E-state index in [0.29, 0.717) is 0 Å². The average Bonchev–Trinajstić information content (AvgIpc) is 1.87. The van der Waals surface area contributed by atoms with Gasteiger partial charge in [-0.15, -0.1) is 23.2 Å². The summed E-state index contributed by atoms with van der Waals surface area (Å²) in [6.07, 6.45) is 0. The zero-order valence-corrected chi connectivity index (χ0v) is 8.01. The highest BCUT2D eigenvalue weighted by molar-refractivity contribution is 7.91. The molecule has 0 N–H and O–H groups in total. The third kappa shape index (κ3) is 4.36. The summed E-state index contributed by atoms with van der Waals surface area (Å²) in [5.74, 6) is 0.294. The largest absolute Gasteiger partial charge is 0.229 e. The minimum Gasteiger partial charge on any atom is -0.229 e. The Balaban J connectivity index is 3.90. The van der Waals surface area contributed by atoms with Gasteiger partial charge in [0.2, 0.25) is 0 Å². The highest BCUT2D eigenvalue weighted by Crippen LogP contribution is 2.03. The van der Waals surface area contributed by atoms with Gasteiger partial charge in [-0.1, -0.05) is 6.92 Å². The standard InChI is InChI=1S/C5H10Cl2O2S/c1-2-10(8,9)4-5(7)3-6/h5H,2-4H2,1H3/t5-/m1/s1. The predicted octanol–water partition coefficient (Wildman–Crippen LogP) is 1.27. The fourth-order valence-electron chi connectivity index (χ4n) is 0.438. The van der Waals surface area contributed by atoms with Gasteiger partial charge in [0.15, 0.2) is 9.84 Å². The molecular weight excluding hydrogens is 195 g/mol. The van der Waals surface area contributed by atoms with Crippen molar-refractivity contribution >= 4 is 33.0 Å². The van der Waals surface area contributed by atoms with Gasteiger partial charge < -0.3 is 0 Å². The maximum Gasteiger partial charge on any atom is 0.151 e. The molecule has 0 aliphatic carbocycles. The van der Waals surface area contributed by atoms with E-state index in [4.69, 9.17) is 23.2 Å². The van der Waals surface area contributed by atoms with Crippen molar-refractivity contribution in [3.63, 3.8) is 0 Å². The lowest BCUT2D eigenvalue weighted by Crippen LogP contribution is -2.18. The van der Waals surface area contributed by atoms with E-state index >= 15 is 0 Å². The summed E-state index contributed by atoms with van der Waals surface area (Å²) in [7, 11) is -2.95. The molecule has 0 amide bonds. The van der Waals surface area contributed by atoms with Crippen LogP contribution in [0.2, 0.25) is 0 Å². The van der Waals surface area contributed by atoms with Crippen LogP contribution in [0.15, 0.2) is 0 Å². The summed E-state index contributed by atoms with van der Waals surface area (Å²) in [5, 5.41) is -0.452. The third-order valence-corrected chi connectivity index (χ3v) is 3.85. The summed E-state index contributed by atoms with van der Waals surface area (Å²) >= 11 is 10.8. The minimum absolute atomic E-state index is 0.0193. The number of rotatable bonds is 4. The van der Waals surface area contributed by atoms with E-state index in [-0.39, 0.29) is 17.4 Å². The van der Waals surface area contributed by atoms with Crippen molar-refractivity contribution in [3.05, 3.63) is 0 Å². The minimum atomic E-state index is -2.95. The second-order valence-corrected chi connectivity index (χ2v) is 5.27. The van der Waals surface area contributed by atoms with Crippen molar-refractivity contribution in [1.29, 1.82) is 0 Å². The quantitative estimate of drug-likeness (QED) is 0.647. The molecule has 0 heterocycles. The van der Waals surface area contributed by atoms with Crippen LogP contribution in [0.3, 0.4) is 0 Å². The predicted molar refractivity (Wildman–Crippen MR) is 44.7 cm³/mol. The van der Waals surface area contributed by atoms with Crippen molar-refractivity contribution in [2.24, 2.45) is 0 Å². The van der Waals surface area contributed by atoms with Gasteiger partial charge in [0.25, 0.3) is 0 Å². The van der Waals surface area contributed by atoms with Crippen molar-refractivity contribution < 1.29 is 8.42 Å². The van der Waals surface area contributed by atoms with E-state index in [2.05, 4.69) is 0 Å². The van der Waals surface area contributed by atoms with Gasteiger partial charge in [0.1, 0.15) is 0 Å². The lowest BCUT2D eigenvalue weighted by molar-refractivity contribution is 0.596. The van der Waals surface area contributed by atoms with Crippen LogP contribution in [0.25, 0.3) is 0 Å². The van der Waals surface area contributed by atoms with Crippen molar-refractivity contribution in [3.8, 4) is 0 Å². The lowest BCUT2D eigenvalue weighted by Gasteiger charge is -2.03. The summed E-state index contributed by atoms with van der Waals surface area (Å²) in [5.41, 5.74) is 0. The first-order valence-electron chi connectivity index (χ1n) is 2.92. The van der Waals surface area contributed by atoms with E-state index in [0.717, 1.165) is 0 Å². The van der Waals surface area contributed by atoms with E-state index in [1.54, 1.807) is 6.92 Å². The molecule has 5 heteroatoms. The number of hydrogen-bond donors (Lipinski definition) is 0. The van der Waals surface area contributed by atoms with Crippen LogP contribution < -0.4 is 0 Å². The molecular formula is C5H10Cl2O2S. The Morgan fingerprint density at radius 2 is 2.00 bits per heavy atom. The molecule has 0 aromatic heterocycles. The van der Waals surface area contributed by atoms with Crippen LogP contribution in [0.1, 0.15) is 6.92 Å². The monoisotopic (exact) mass is 204 g/mol. The highest BCUT2D eigenvalue weighted by atomic mass is 35.5. The van der Waals surface area contributed by atoms with Crippen LogP contribution >= 0.6 is 23.2 Å². The number of alkyl halides is 2. The van der Waals surface area contributed by atoms with Crippen LogP contribution in [0, 0.1) is 0 Å². The second kappa shape index (κ2) is 4.42. The Morgan fingerprint density at radius 3 is 2.30 bits per heavy atom. The molecule has 0 aromatic carbocycles. The van der Waals surface area contributed by atoms with Crippen molar-refractivity contribution in [2.45, 2.75) is 12.3 Å². The Hall–Kier alpha value is 0.530. The molecule has 0 aliphatic heterocycles. The number of halogens is 2. The van der Waals surface area contributed by atoms with Gasteiger partial charge in [0.05, 0.1) is 11.1 Å². The fraction of sp³-hybridized carbons (Fsp3) is 1.00. The third-order valence-electron chi connectivity index (χ3n) is 1.04. The van der Waals surface area contributed by atoms with Crippen LogP contribution in [-0.4, -0.2) is 31.2 Å². The van der Waals surface area contributed by atoms with E-state index < -0.39 is 15.2 Å². The molecule has 2 nitrogen and oxygen atoms in total. The molecule has 10 heavy (non-hydrogen) atoms. The number of sulfone groups is 1. The molecule has 62 valence electrons. The zero-order chi connectivity index (χ0) is 8.20. The molecule has 0 aliphatic rings. The average molecular weight is 205 g/mol. The van der Waals surface area contributed by atoms with Crippen molar-refractivity contribution in [2.75, 3.05) is 17.4 Å². The Kier molecular flexibility index (Phi) is 4.65. The topological polar surface area (TPSA) is 34.1 Å². The molecule has 0 rings (SSSR count). The fourth-order valence-corrected chi connectivity index (χ4v) is 2.16. The first kappa shape index (κ1) is 10.5. The first-order chi connectivity index (χ1) is 4.52. The van der Waals surface area contributed by atoms with Gasteiger partial charge in [-0.05, 0) is 0 Å². The van der Waals surface area contributed by atoms with Crippen LogP contribution in [0.5, 0.6) is 0 Å². The Bertz CT molecular complexity index is 176. The smallest absolute Gasteiger partial charge is 0.151 e. The summed E-state index contributed by atoms with van der Waals surface area (Å²) < 4.78 is 21.7. The maximum absolute atomic E-state index is 10.8. The van der Waals surface area contributed by atoms with Gasteiger partial charge in [-0.2, -0.15) is 0 Å². The Morgan fingerprint density at radius 1 is 1.50 bits per heavy atom. The first-order valence-corrected chi connectivity index (χ1v) is 5.71. The van der Waals surface area contributed by atoms with Gasteiger partial charge in [0, 0.05) is 11.6 Å². The van der Waals surface area contributed by atoms with Crippen molar-refractivity contribution in [1.82, 2.24) is 0 Å².